The van der Waals surface area contributed by atoms with Crippen LogP contribution in [0.25, 0.3) is 0 Å². The molecule has 0 aliphatic heterocycles. The third-order valence-corrected chi connectivity index (χ3v) is 4.03. The molecule has 0 bridgehead atoms. The van der Waals surface area contributed by atoms with Crippen LogP contribution >= 0.6 is 11.6 Å². The first kappa shape index (κ1) is 15.5. The molecule has 1 aliphatic rings. The van der Waals surface area contributed by atoms with Crippen LogP contribution in [0.5, 0.6) is 5.75 Å². The van der Waals surface area contributed by atoms with Gasteiger partial charge in [0.1, 0.15) is 5.75 Å². The van der Waals surface area contributed by atoms with Gasteiger partial charge in [0.15, 0.2) is 0 Å². The fourth-order valence-corrected chi connectivity index (χ4v) is 3.01. The Morgan fingerprint density at radius 1 is 1.40 bits per heavy atom. The average Bonchev–Trinajstić information content (AvgIpc) is 2.78. The summed E-state index contributed by atoms with van der Waals surface area (Å²) in [6.45, 7) is 0.856. The smallest absolute Gasteiger partial charge is 0.387 e. The van der Waals surface area contributed by atoms with Crippen LogP contribution in [0, 0.1) is 11.8 Å². The first-order valence-corrected chi connectivity index (χ1v) is 7.36. The quantitative estimate of drug-likeness (QED) is 0.837. The number of ether oxygens (including phenoxy) is 1. The van der Waals surface area contributed by atoms with Crippen molar-refractivity contribution in [1.29, 1.82) is 0 Å². The van der Waals surface area contributed by atoms with E-state index >= 15 is 0 Å². The lowest BCUT2D eigenvalue weighted by Gasteiger charge is -2.14. The highest BCUT2D eigenvalue weighted by molar-refractivity contribution is 6.30. The molecule has 0 radical (unpaired) electrons. The van der Waals surface area contributed by atoms with E-state index in [1.54, 1.807) is 12.1 Å². The summed E-state index contributed by atoms with van der Waals surface area (Å²) in [6.07, 6.45) is 3.76. The van der Waals surface area contributed by atoms with Gasteiger partial charge in [-0.25, -0.2) is 0 Å². The fourth-order valence-electron chi connectivity index (χ4n) is 2.82. The summed E-state index contributed by atoms with van der Waals surface area (Å²) in [5, 5.41) is 3.85. The molecular weight excluding hydrogens is 284 g/mol. The van der Waals surface area contributed by atoms with E-state index in [0.717, 1.165) is 12.5 Å². The zero-order valence-electron chi connectivity index (χ0n) is 11.5. The molecule has 1 N–H and O–H groups in total. The predicted octanol–water partition coefficient (Wildman–Crippen LogP) is 4.47. The van der Waals surface area contributed by atoms with E-state index in [0.29, 0.717) is 23.0 Å². The van der Waals surface area contributed by atoms with Gasteiger partial charge >= 0.3 is 6.61 Å². The minimum Gasteiger partial charge on any atom is -0.434 e. The van der Waals surface area contributed by atoms with Crippen LogP contribution in [-0.2, 0) is 6.54 Å². The molecule has 0 heterocycles. The van der Waals surface area contributed by atoms with Gasteiger partial charge in [-0.15, -0.1) is 0 Å². The molecule has 0 aromatic heterocycles. The van der Waals surface area contributed by atoms with E-state index in [9.17, 15) is 8.78 Å². The van der Waals surface area contributed by atoms with E-state index in [4.69, 9.17) is 11.6 Å². The Kier molecular flexibility index (Phi) is 5.61. The maximum absolute atomic E-state index is 12.3. The van der Waals surface area contributed by atoms with Gasteiger partial charge in [-0.05, 0) is 49.4 Å². The second-order valence-corrected chi connectivity index (χ2v) is 5.98. The molecule has 1 aromatic carbocycles. The normalized spacial score (nSPS) is 22.4. The van der Waals surface area contributed by atoms with Crippen LogP contribution in [0.15, 0.2) is 18.2 Å². The molecule has 5 heteroatoms. The van der Waals surface area contributed by atoms with Crippen LogP contribution < -0.4 is 10.1 Å². The average molecular weight is 304 g/mol. The van der Waals surface area contributed by atoms with Crippen LogP contribution in [0.4, 0.5) is 8.78 Å². The SMILES string of the molecule is CC1CCC(CNCc2cc(Cl)ccc2OC(F)F)C1. The monoisotopic (exact) mass is 303 g/mol. The molecule has 112 valence electrons. The van der Waals surface area contributed by atoms with Gasteiger partial charge in [-0.3, -0.25) is 0 Å². The Bertz CT molecular complexity index is 442. The van der Waals surface area contributed by atoms with Crippen molar-refractivity contribution in [3.8, 4) is 5.75 Å². The van der Waals surface area contributed by atoms with Crippen molar-refractivity contribution in [2.24, 2.45) is 11.8 Å². The number of alkyl halides is 2. The minimum atomic E-state index is -2.81. The molecule has 0 spiro atoms. The molecule has 1 saturated carbocycles. The van der Waals surface area contributed by atoms with Crippen LogP contribution in [0.1, 0.15) is 31.7 Å². The number of benzene rings is 1. The molecule has 2 nitrogen and oxygen atoms in total. The summed E-state index contributed by atoms with van der Waals surface area (Å²) in [6, 6.07) is 4.72. The highest BCUT2D eigenvalue weighted by Gasteiger charge is 2.20. The molecule has 2 unspecified atom stereocenters. The van der Waals surface area contributed by atoms with Gasteiger partial charge in [-0.1, -0.05) is 24.9 Å². The maximum Gasteiger partial charge on any atom is 0.387 e. The number of nitrogens with one attached hydrogen (secondary N) is 1. The topological polar surface area (TPSA) is 21.3 Å². The lowest BCUT2D eigenvalue weighted by molar-refractivity contribution is -0.0505. The van der Waals surface area contributed by atoms with Gasteiger partial charge in [0, 0.05) is 17.1 Å². The van der Waals surface area contributed by atoms with Crippen molar-refractivity contribution in [3.05, 3.63) is 28.8 Å². The highest BCUT2D eigenvalue weighted by Crippen LogP contribution is 2.30. The standard InChI is InChI=1S/C15H20ClF2NO/c1-10-2-3-11(6-10)8-19-9-12-7-13(16)4-5-14(12)20-15(17)18/h4-5,7,10-11,15,19H,2-3,6,8-9H2,1H3. The van der Waals surface area contributed by atoms with E-state index in [-0.39, 0.29) is 5.75 Å². The molecule has 1 fully saturated rings. The van der Waals surface area contributed by atoms with Gasteiger partial charge in [0.05, 0.1) is 0 Å². The predicted molar refractivity (Wildman–Crippen MR) is 76.3 cm³/mol. The number of rotatable bonds is 6. The molecule has 0 amide bonds. The number of hydrogen-bond donors (Lipinski definition) is 1. The summed E-state index contributed by atoms with van der Waals surface area (Å²) < 4.78 is 29.2. The van der Waals surface area contributed by atoms with Crippen molar-refractivity contribution in [3.63, 3.8) is 0 Å². The zero-order chi connectivity index (χ0) is 14.5. The maximum atomic E-state index is 12.3. The molecule has 1 aliphatic carbocycles. The summed E-state index contributed by atoms with van der Waals surface area (Å²) in [4.78, 5) is 0. The largest absolute Gasteiger partial charge is 0.434 e. The summed E-state index contributed by atoms with van der Waals surface area (Å²) in [5.41, 5.74) is 0.670. The molecule has 20 heavy (non-hydrogen) atoms. The van der Waals surface area contributed by atoms with Crippen LogP contribution in [0.2, 0.25) is 5.02 Å². The Morgan fingerprint density at radius 2 is 2.20 bits per heavy atom. The summed E-state index contributed by atoms with van der Waals surface area (Å²) in [5.74, 6) is 1.67. The second-order valence-electron chi connectivity index (χ2n) is 5.55. The Labute approximate surface area is 123 Å². The van der Waals surface area contributed by atoms with Crippen molar-refractivity contribution >= 4 is 11.6 Å². The van der Waals surface area contributed by atoms with Crippen molar-refractivity contribution in [2.45, 2.75) is 39.3 Å². The lowest BCUT2D eigenvalue weighted by atomic mass is 10.1. The second kappa shape index (κ2) is 7.23. The number of halogens is 3. The van der Waals surface area contributed by atoms with E-state index in [1.807, 2.05) is 0 Å². The van der Waals surface area contributed by atoms with Crippen molar-refractivity contribution < 1.29 is 13.5 Å². The number of hydrogen-bond acceptors (Lipinski definition) is 2. The van der Waals surface area contributed by atoms with Crippen molar-refractivity contribution in [1.82, 2.24) is 5.32 Å². The van der Waals surface area contributed by atoms with Gasteiger partial charge < -0.3 is 10.1 Å². The lowest BCUT2D eigenvalue weighted by Crippen LogP contribution is -2.21. The Hall–Kier alpha value is -0.870. The third kappa shape index (κ3) is 4.60. The molecule has 0 saturated heterocycles. The molecule has 1 aromatic rings. The fraction of sp³-hybridized carbons (Fsp3) is 0.600. The Morgan fingerprint density at radius 3 is 2.85 bits per heavy atom. The molecule has 2 rings (SSSR count). The molecular formula is C15H20ClF2NO. The third-order valence-electron chi connectivity index (χ3n) is 3.79. The Balaban J connectivity index is 1.89. The molecule has 2 atom stereocenters. The summed E-state index contributed by atoms with van der Waals surface area (Å²) >= 11 is 5.91. The van der Waals surface area contributed by atoms with Crippen molar-refractivity contribution in [2.75, 3.05) is 6.54 Å². The first-order valence-electron chi connectivity index (χ1n) is 6.98. The van der Waals surface area contributed by atoms with Crippen LogP contribution in [-0.4, -0.2) is 13.2 Å². The van der Waals surface area contributed by atoms with Gasteiger partial charge in [-0.2, -0.15) is 8.78 Å². The highest BCUT2D eigenvalue weighted by atomic mass is 35.5. The first-order chi connectivity index (χ1) is 9.54. The van der Waals surface area contributed by atoms with Gasteiger partial charge in [0.25, 0.3) is 0 Å². The van der Waals surface area contributed by atoms with E-state index in [1.165, 1.54) is 25.3 Å². The van der Waals surface area contributed by atoms with E-state index in [2.05, 4.69) is 17.0 Å². The zero-order valence-corrected chi connectivity index (χ0v) is 12.3. The summed E-state index contributed by atoms with van der Waals surface area (Å²) in [7, 11) is 0. The van der Waals surface area contributed by atoms with E-state index < -0.39 is 6.61 Å². The van der Waals surface area contributed by atoms with Gasteiger partial charge in [0.2, 0.25) is 0 Å². The van der Waals surface area contributed by atoms with Crippen LogP contribution in [0.3, 0.4) is 0 Å². The minimum absolute atomic E-state index is 0.191.